The van der Waals surface area contributed by atoms with Crippen LogP contribution in [0.4, 0.5) is 19.0 Å². The maximum atomic E-state index is 14.1. The summed E-state index contributed by atoms with van der Waals surface area (Å²) in [5.74, 6) is 0.685. The van der Waals surface area contributed by atoms with Crippen LogP contribution in [-0.4, -0.2) is 51.7 Å². The van der Waals surface area contributed by atoms with Gasteiger partial charge in [-0.25, -0.2) is 4.98 Å². The van der Waals surface area contributed by atoms with E-state index < -0.39 is 11.9 Å². The first-order valence-corrected chi connectivity index (χ1v) is 11.8. The zero-order valence-electron chi connectivity index (χ0n) is 19.2. The summed E-state index contributed by atoms with van der Waals surface area (Å²) in [4.78, 5) is 9.23. The van der Waals surface area contributed by atoms with E-state index >= 15 is 0 Å². The number of hydrogen-bond acceptors (Lipinski definition) is 4. The van der Waals surface area contributed by atoms with Gasteiger partial charge < -0.3 is 4.90 Å². The molecule has 2 aromatic heterocycles. The molecule has 0 radical (unpaired) electrons. The number of aryl methyl sites for hydroxylation is 2. The number of aromatic nitrogens is 3. The van der Waals surface area contributed by atoms with Crippen molar-refractivity contribution >= 4 is 11.5 Å². The summed E-state index contributed by atoms with van der Waals surface area (Å²) in [6.07, 6.45) is 1.86. The highest BCUT2D eigenvalue weighted by molar-refractivity contribution is 5.81. The normalized spacial score (nSPS) is 18.9. The highest BCUT2D eigenvalue weighted by Crippen LogP contribution is 2.40. The molecule has 0 atom stereocenters. The minimum Gasteiger partial charge on any atom is -0.354 e. The highest BCUT2D eigenvalue weighted by atomic mass is 19.4. The Balaban J connectivity index is 1.53. The maximum Gasteiger partial charge on any atom is 0.435 e. The molecule has 0 N–H and O–H groups in total. The van der Waals surface area contributed by atoms with E-state index in [1.807, 2.05) is 32.0 Å². The SMILES string of the molecule is Cc1ccc(-c2c(C(F)(F)F)nn3c(N4CCN(C5CCCCC5)CC4)cc(C)nc23)cc1. The minimum atomic E-state index is -4.57. The molecule has 5 rings (SSSR count). The van der Waals surface area contributed by atoms with Crippen LogP contribution in [0.5, 0.6) is 0 Å². The van der Waals surface area contributed by atoms with Crippen LogP contribution in [0.25, 0.3) is 16.8 Å². The van der Waals surface area contributed by atoms with Crippen LogP contribution < -0.4 is 4.90 Å². The smallest absolute Gasteiger partial charge is 0.354 e. The molecular weight excluding hydrogens is 427 g/mol. The summed E-state index contributed by atoms with van der Waals surface area (Å²) in [5.41, 5.74) is 1.59. The van der Waals surface area contributed by atoms with Gasteiger partial charge in [-0.1, -0.05) is 49.1 Å². The Labute approximate surface area is 192 Å². The van der Waals surface area contributed by atoms with Crippen molar-refractivity contribution in [3.8, 4) is 11.1 Å². The fraction of sp³-hybridized carbons (Fsp3) is 0.520. The zero-order chi connectivity index (χ0) is 23.2. The summed E-state index contributed by atoms with van der Waals surface area (Å²) in [7, 11) is 0. The van der Waals surface area contributed by atoms with E-state index in [1.165, 1.54) is 36.6 Å². The number of nitrogens with zero attached hydrogens (tertiary/aromatic N) is 5. The molecule has 0 amide bonds. The van der Waals surface area contributed by atoms with E-state index in [2.05, 4.69) is 19.9 Å². The van der Waals surface area contributed by atoms with Gasteiger partial charge in [-0.3, -0.25) is 4.90 Å². The van der Waals surface area contributed by atoms with Crippen LogP contribution in [0.15, 0.2) is 30.3 Å². The van der Waals surface area contributed by atoms with Crippen molar-refractivity contribution in [1.82, 2.24) is 19.5 Å². The number of rotatable bonds is 3. The van der Waals surface area contributed by atoms with Gasteiger partial charge in [0.1, 0.15) is 5.82 Å². The predicted molar refractivity (Wildman–Crippen MR) is 124 cm³/mol. The van der Waals surface area contributed by atoms with Crippen molar-refractivity contribution in [2.45, 2.75) is 58.2 Å². The van der Waals surface area contributed by atoms with Gasteiger partial charge in [0.05, 0.1) is 5.56 Å². The third-order valence-electron chi connectivity index (χ3n) is 7.04. The molecule has 3 aromatic rings. The van der Waals surface area contributed by atoms with Crippen LogP contribution in [0.3, 0.4) is 0 Å². The summed E-state index contributed by atoms with van der Waals surface area (Å²) < 4.78 is 43.6. The van der Waals surface area contributed by atoms with E-state index in [1.54, 1.807) is 12.1 Å². The third-order valence-corrected chi connectivity index (χ3v) is 7.04. The van der Waals surface area contributed by atoms with Crippen LogP contribution in [0, 0.1) is 13.8 Å². The van der Waals surface area contributed by atoms with Crippen molar-refractivity contribution < 1.29 is 13.2 Å². The monoisotopic (exact) mass is 457 g/mol. The molecule has 1 saturated heterocycles. The first kappa shape index (κ1) is 22.2. The number of hydrogen-bond donors (Lipinski definition) is 0. The van der Waals surface area contributed by atoms with Gasteiger partial charge in [0, 0.05) is 44.0 Å². The Kier molecular flexibility index (Phi) is 5.80. The molecule has 8 heteroatoms. The number of halogens is 3. The molecule has 1 aliphatic heterocycles. The number of piperazine rings is 1. The molecule has 1 aromatic carbocycles. The second-order valence-corrected chi connectivity index (χ2v) is 9.39. The summed E-state index contributed by atoms with van der Waals surface area (Å²) in [6, 6.07) is 9.58. The van der Waals surface area contributed by atoms with Gasteiger partial charge in [-0.15, -0.1) is 0 Å². The molecule has 0 bridgehead atoms. The summed E-state index contributed by atoms with van der Waals surface area (Å²) in [5, 5.41) is 4.08. The molecule has 0 spiro atoms. The van der Waals surface area contributed by atoms with Crippen LogP contribution in [0.1, 0.15) is 49.1 Å². The van der Waals surface area contributed by atoms with Gasteiger partial charge in [-0.2, -0.15) is 22.8 Å². The summed E-state index contributed by atoms with van der Waals surface area (Å²) >= 11 is 0. The van der Waals surface area contributed by atoms with Crippen molar-refractivity contribution in [3.05, 3.63) is 47.3 Å². The Morgan fingerprint density at radius 2 is 1.58 bits per heavy atom. The van der Waals surface area contributed by atoms with Crippen LogP contribution in [0.2, 0.25) is 0 Å². The molecule has 2 aliphatic rings. The van der Waals surface area contributed by atoms with Gasteiger partial charge in [-0.05, 0) is 32.3 Å². The van der Waals surface area contributed by atoms with Gasteiger partial charge in [0.15, 0.2) is 11.3 Å². The molecule has 1 aliphatic carbocycles. The average Bonchev–Trinajstić information content (AvgIpc) is 3.20. The topological polar surface area (TPSA) is 36.7 Å². The van der Waals surface area contributed by atoms with Crippen molar-refractivity contribution in [3.63, 3.8) is 0 Å². The van der Waals surface area contributed by atoms with Crippen molar-refractivity contribution in [2.24, 2.45) is 0 Å². The minimum absolute atomic E-state index is 0.0493. The lowest BCUT2D eigenvalue weighted by molar-refractivity contribution is -0.140. The molecule has 176 valence electrons. The van der Waals surface area contributed by atoms with Crippen LogP contribution in [-0.2, 0) is 6.18 Å². The van der Waals surface area contributed by atoms with Gasteiger partial charge in [0.25, 0.3) is 0 Å². The fourth-order valence-electron chi connectivity index (χ4n) is 5.29. The lowest BCUT2D eigenvalue weighted by atomic mass is 9.94. The Hall–Kier alpha value is -2.61. The molecular formula is C25H30F3N5. The largest absolute Gasteiger partial charge is 0.435 e. The van der Waals surface area contributed by atoms with Crippen LogP contribution >= 0.6 is 0 Å². The quantitative estimate of drug-likeness (QED) is 0.521. The lowest BCUT2D eigenvalue weighted by Crippen LogP contribution is -2.51. The molecule has 33 heavy (non-hydrogen) atoms. The second-order valence-electron chi connectivity index (χ2n) is 9.39. The van der Waals surface area contributed by atoms with E-state index in [0.717, 1.165) is 31.7 Å². The fourth-order valence-corrected chi connectivity index (χ4v) is 5.29. The first-order valence-electron chi connectivity index (χ1n) is 11.8. The van der Waals surface area contributed by atoms with Crippen molar-refractivity contribution in [2.75, 3.05) is 31.1 Å². The van der Waals surface area contributed by atoms with E-state index in [0.29, 0.717) is 23.1 Å². The summed E-state index contributed by atoms with van der Waals surface area (Å²) in [6.45, 7) is 7.14. The Bertz CT molecular complexity index is 1120. The standard InChI is InChI=1S/C25H30F3N5/c1-17-8-10-19(11-9-17)22-23(25(26,27)28)30-33-21(16-18(2)29-24(22)33)32-14-12-31(13-15-32)20-6-4-3-5-7-20/h8-11,16,20H,3-7,12-15H2,1-2H3. The molecule has 2 fully saturated rings. The predicted octanol–water partition coefficient (Wildman–Crippen LogP) is 5.49. The highest BCUT2D eigenvalue weighted by Gasteiger charge is 2.40. The van der Waals surface area contributed by atoms with E-state index in [9.17, 15) is 13.2 Å². The molecule has 3 heterocycles. The van der Waals surface area contributed by atoms with Crippen molar-refractivity contribution in [1.29, 1.82) is 0 Å². The molecule has 5 nitrogen and oxygen atoms in total. The lowest BCUT2D eigenvalue weighted by Gasteiger charge is -2.41. The molecule has 1 saturated carbocycles. The first-order chi connectivity index (χ1) is 15.8. The number of anilines is 1. The van der Waals surface area contributed by atoms with E-state index in [-0.39, 0.29) is 11.2 Å². The van der Waals surface area contributed by atoms with Gasteiger partial charge in [0.2, 0.25) is 0 Å². The number of alkyl halides is 3. The number of fused-ring (bicyclic) bond motifs is 1. The number of benzene rings is 1. The second kappa shape index (κ2) is 8.63. The zero-order valence-corrected chi connectivity index (χ0v) is 19.2. The molecule has 0 unspecified atom stereocenters. The third kappa shape index (κ3) is 4.33. The Morgan fingerprint density at radius 1 is 0.909 bits per heavy atom. The van der Waals surface area contributed by atoms with Gasteiger partial charge >= 0.3 is 6.18 Å². The van der Waals surface area contributed by atoms with E-state index in [4.69, 9.17) is 0 Å². The Morgan fingerprint density at radius 3 is 2.21 bits per heavy atom. The average molecular weight is 458 g/mol. The maximum absolute atomic E-state index is 14.1.